The predicted octanol–water partition coefficient (Wildman–Crippen LogP) is 3.30. The van der Waals surface area contributed by atoms with Crippen molar-refractivity contribution in [2.75, 3.05) is 19.6 Å². The number of hydrogen-bond acceptors (Lipinski definition) is 2. The summed E-state index contributed by atoms with van der Waals surface area (Å²) >= 11 is 0. The first-order valence-electron chi connectivity index (χ1n) is 7.90. The van der Waals surface area contributed by atoms with Crippen LogP contribution in [0.15, 0.2) is 0 Å². The molecule has 2 heteroatoms. The van der Waals surface area contributed by atoms with E-state index < -0.39 is 0 Å². The van der Waals surface area contributed by atoms with Crippen molar-refractivity contribution in [3.8, 4) is 0 Å². The third-order valence-corrected chi connectivity index (χ3v) is 4.72. The van der Waals surface area contributed by atoms with Gasteiger partial charge < -0.3 is 10.0 Å². The Morgan fingerprint density at radius 2 is 1.89 bits per heavy atom. The van der Waals surface area contributed by atoms with E-state index in [1.165, 1.54) is 45.2 Å². The number of nitrogens with zero attached hydrogens (tertiary/aromatic N) is 1. The molecule has 2 atom stereocenters. The van der Waals surface area contributed by atoms with E-state index >= 15 is 0 Å². The summed E-state index contributed by atoms with van der Waals surface area (Å²) in [6.45, 7) is 10.6. The Kier molecular flexibility index (Phi) is 4.71. The normalized spacial score (nSPS) is 31.8. The summed E-state index contributed by atoms with van der Waals surface area (Å²) in [5.41, 5.74) is 0.432. The first-order valence-corrected chi connectivity index (χ1v) is 7.90. The zero-order valence-electron chi connectivity index (χ0n) is 12.5. The largest absolute Gasteiger partial charge is 0.393 e. The maximum absolute atomic E-state index is 10.2. The van der Waals surface area contributed by atoms with Gasteiger partial charge in [-0.15, -0.1) is 0 Å². The maximum atomic E-state index is 10.2. The molecule has 2 rings (SSSR count). The third-order valence-electron chi connectivity index (χ3n) is 4.72. The molecule has 2 aliphatic carbocycles. The van der Waals surface area contributed by atoms with E-state index in [4.69, 9.17) is 0 Å². The van der Waals surface area contributed by atoms with Crippen molar-refractivity contribution in [3.63, 3.8) is 0 Å². The second kappa shape index (κ2) is 5.92. The van der Waals surface area contributed by atoms with Gasteiger partial charge in [0.2, 0.25) is 0 Å². The smallest absolute Gasteiger partial charge is 0.0581 e. The SMILES string of the molecule is CCCN(CC1CC1)CC1CC(C)(C)CCC1O. The summed E-state index contributed by atoms with van der Waals surface area (Å²) < 4.78 is 0. The molecule has 106 valence electrons. The minimum Gasteiger partial charge on any atom is -0.393 e. The molecule has 0 bridgehead atoms. The molecule has 0 aromatic heterocycles. The highest BCUT2D eigenvalue weighted by atomic mass is 16.3. The highest BCUT2D eigenvalue weighted by molar-refractivity contribution is 4.87. The van der Waals surface area contributed by atoms with Gasteiger partial charge in [0, 0.05) is 13.1 Å². The maximum Gasteiger partial charge on any atom is 0.0581 e. The fourth-order valence-corrected chi connectivity index (χ4v) is 3.48. The van der Waals surface area contributed by atoms with Crippen molar-refractivity contribution >= 4 is 0 Å². The van der Waals surface area contributed by atoms with Gasteiger partial charge in [-0.1, -0.05) is 20.8 Å². The molecular formula is C16H31NO. The van der Waals surface area contributed by atoms with Gasteiger partial charge in [0.05, 0.1) is 6.10 Å². The van der Waals surface area contributed by atoms with Crippen molar-refractivity contribution in [1.82, 2.24) is 4.90 Å². The number of aliphatic hydroxyl groups is 1. The third kappa shape index (κ3) is 4.24. The molecule has 18 heavy (non-hydrogen) atoms. The van der Waals surface area contributed by atoms with Gasteiger partial charge in [-0.2, -0.15) is 0 Å². The van der Waals surface area contributed by atoms with Gasteiger partial charge in [0.15, 0.2) is 0 Å². The van der Waals surface area contributed by atoms with Crippen LogP contribution in [-0.4, -0.2) is 35.7 Å². The number of hydrogen-bond donors (Lipinski definition) is 1. The predicted molar refractivity (Wildman–Crippen MR) is 76.6 cm³/mol. The Hall–Kier alpha value is -0.0800. The van der Waals surface area contributed by atoms with Gasteiger partial charge in [0.1, 0.15) is 0 Å². The second-order valence-electron chi connectivity index (χ2n) is 7.44. The van der Waals surface area contributed by atoms with Gasteiger partial charge in [-0.25, -0.2) is 0 Å². The minimum absolute atomic E-state index is 0.0587. The molecule has 0 heterocycles. The highest BCUT2D eigenvalue weighted by Gasteiger charge is 2.35. The van der Waals surface area contributed by atoms with Crippen molar-refractivity contribution in [2.24, 2.45) is 17.3 Å². The van der Waals surface area contributed by atoms with E-state index in [9.17, 15) is 5.11 Å². The summed E-state index contributed by atoms with van der Waals surface area (Å²) in [5.74, 6) is 1.46. The Morgan fingerprint density at radius 1 is 1.17 bits per heavy atom. The Balaban J connectivity index is 1.86. The average Bonchev–Trinajstić information content (AvgIpc) is 3.07. The summed E-state index contributed by atoms with van der Waals surface area (Å²) in [4.78, 5) is 2.62. The molecule has 2 aliphatic rings. The molecule has 0 aromatic carbocycles. The molecule has 0 amide bonds. The van der Waals surface area contributed by atoms with Crippen LogP contribution in [0.1, 0.15) is 59.3 Å². The molecule has 0 aliphatic heterocycles. The summed E-state index contributed by atoms with van der Waals surface area (Å²) in [6, 6.07) is 0. The van der Waals surface area contributed by atoms with Crippen LogP contribution in [0.25, 0.3) is 0 Å². The van der Waals surface area contributed by atoms with E-state index in [-0.39, 0.29) is 6.10 Å². The minimum atomic E-state index is -0.0587. The topological polar surface area (TPSA) is 23.5 Å². The molecule has 2 unspecified atom stereocenters. The highest BCUT2D eigenvalue weighted by Crippen LogP contribution is 2.39. The van der Waals surface area contributed by atoms with Gasteiger partial charge >= 0.3 is 0 Å². The van der Waals surface area contributed by atoms with Crippen LogP contribution in [0, 0.1) is 17.3 Å². The first-order chi connectivity index (χ1) is 8.50. The molecule has 0 aromatic rings. The van der Waals surface area contributed by atoms with Gasteiger partial charge in [0.25, 0.3) is 0 Å². The molecule has 0 saturated heterocycles. The van der Waals surface area contributed by atoms with Crippen molar-refractivity contribution in [2.45, 2.75) is 65.4 Å². The summed E-state index contributed by atoms with van der Waals surface area (Å²) in [5, 5.41) is 10.2. The number of aliphatic hydroxyl groups excluding tert-OH is 1. The van der Waals surface area contributed by atoms with E-state index in [2.05, 4.69) is 25.7 Å². The van der Waals surface area contributed by atoms with E-state index in [0.29, 0.717) is 11.3 Å². The second-order valence-corrected chi connectivity index (χ2v) is 7.44. The lowest BCUT2D eigenvalue weighted by atomic mass is 9.70. The van der Waals surface area contributed by atoms with Crippen LogP contribution in [0.2, 0.25) is 0 Å². The molecule has 2 fully saturated rings. The van der Waals surface area contributed by atoms with Crippen LogP contribution in [0.5, 0.6) is 0 Å². The van der Waals surface area contributed by atoms with Crippen LogP contribution in [-0.2, 0) is 0 Å². The summed E-state index contributed by atoms with van der Waals surface area (Å²) in [7, 11) is 0. The average molecular weight is 253 g/mol. The Bertz CT molecular complexity index is 260. The number of rotatable bonds is 6. The van der Waals surface area contributed by atoms with Crippen LogP contribution in [0.3, 0.4) is 0 Å². The van der Waals surface area contributed by atoms with Crippen molar-refractivity contribution in [3.05, 3.63) is 0 Å². The molecule has 2 nitrogen and oxygen atoms in total. The lowest BCUT2D eigenvalue weighted by Gasteiger charge is -2.40. The molecule has 0 radical (unpaired) electrons. The zero-order valence-corrected chi connectivity index (χ0v) is 12.5. The molecule has 2 saturated carbocycles. The van der Waals surface area contributed by atoms with Crippen LogP contribution in [0.4, 0.5) is 0 Å². The first kappa shape index (κ1) is 14.3. The van der Waals surface area contributed by atoms with Gasteiger partial charge in [-0.05, 0) is 62.3 Å². The standard InChI is InChI=1S/C16H31NO/c1-4-9-17(11-13-5-6-13)12-14-10-16(2,3)8-7-15(14)18/h13-15,18H,4-12H2,1-3H3. The van der Waals surface area contributed by atoms with Crippen LogP contribution < -0.4 is 0 Å². The van der Waals surface area contributed by atoms with E-state index in [0.717, 1.165) is 18.9 Å². The molecular weight excluding hydrogens is 222 g/mol. The lowest BCUT2D eigenvalue weighted by molar-refractivity contribution is 0.00354. The zero-order chi connectivity index (χ0) is 13.2. The van der Waals surface area contributed by atoms with E-state index in [1.54, 1.807) is 0 Å². The van der Waals surface area contributed by atoms with Crippen molar-refractivity contribution < 1.29 is 5.11 Å². The quantitative estimate of drug-likeness (QED) is 0.785. The molecule has 0 spiro atoms. The monoisotopic (exact) mass is 253 g/mol. The summed E-state index contributed by atoms with van der Waals surface area (Å²) in [6.07, 6.45) is 7.41. The Labute approximate surface area is 113 Å². The van der Waals surface area contributed by atoms with Crippen LogP contribution >= 0.6 is 0 Å². The lowest BCUT2D eigenvalue weighted by Crippen LogP contribution is -2.42. The molecule has 1 N–H and O–H groups in total. The fraction of sp³-hybridized carbons (Fsp3) is 1.00. The Morgan fingerprint density at radius 3 is 2.50 bits per heavy atom. The van der Waals surface area contributed by atoms with Gasteiger partial charge in [-0.3, -0.25) is 0 Å². The van der Waals surface area contributed by atoms with Crippen molar-refractivity contribution in [1.29, 1.82) is 0 Å². The van der Waals surface area contributed by atoms with E-state index in [1.807, 2.05) is 0 Å². The fourth-order valence-electron chi connectivity index (χ4n) is 3.48.